The van der Waals surface area contributed by atoms with E-state index in [4.69, 9.17) is 9.15 Å². The number of ether oxygens (including phenoxy) is 1. The first-order chi connectivity index (χ1) is 14.6. The number of piperazine rings is 1. The zero-order valence-corrected chi connectivity index (χ0v) is 18.2. The maximum atomic E-state index is 12.6. The summed E-state index contributed by atoms with van der Waals surface area (Å²) in [5.41, 5.74) is 0. The summed E-state index contributed by atoms with van der Waals surface area (Å²) in [6, 6.07) is 2.30. The minimum atomic E-state index is -0.864. The Hall–Kier alpha value is -2.31. The van der Waals surface area contributed by atoms with Crippen molar-refractivity contribution in [2.24, 2.45) is 0 Å². The van der Waals surface area contributed by atoms with Crippen molar-refractivity contribution < 1.29 is 23.5 Å². The second-order valence-corrected chi connectivity index (χ2v) is 7.89. The van der Waals surface area contributed by atoms with Crippen molar-refractivity contribution in [1.29, 1.82) is 0 Å². The first-order valence-electron chi connectivity index (χ1n) is 11.4. The molecule has 0 aromatic carbocycles. The van der Waals surface area contributed by atoms with E-state index < -0.39 is 12.0 Å². The van der Waals surface area contributed by atoms with Gasteiger partial charge in [-0.2, -0.15) is 0 Å². The fraction of sp³-hybridized carbons (Fsp3) is 0.696. The van der Waals surface area contributed by atoms with Crippen LogP contribution in [0.4, 0.5) is 0 Å². The molecule has 30 heavy (non-hydrogen) atoms. The normalized spacial score (nSPS) is 16.4. The van der Waals surface area contributed by atoms with Crippen LogP contribution in [0.25, 0.3) is 0 Å². The first-order valence-corrected chi connectivity index (χ1v) is 11.4. The highest BCUT2D eigenvalue weighted by Gasteiger charge is 2.36. The van der Waals surface area contributed by atoms with Crippen LogP contribution in [0.3, 0.4) is 0 Å². The van der Waals surface area contributed by atoms with Crippen LogP contribution in [-0.2, 0) is 14.3 Å². The van der Waals surface area contributed by atoms with Crippen molar-refractivity contribution in [1.82, 2.24) is 10.2 Å². The van der Waals surface area contributed by atoms with Gasteiger partial charge in [-0.25, -0.2) is 0 Å². The molecule has 1 aliphatic heterocycles. The standard InChI is InChI=1S/C23H36N2O5/c1-2-3-4-5-6-7-8-9-10-11-16-30-21(26)18-19-22(27)24-14-15-25(19)23(28)20-13-12-17-29-20/h12-13,17,19H,2-11,14-16,18H2,1H3,(H,24,27). The summed E-state index contributed by atoms with van der Waals surface area (Å²) in [6.45, 7) is 3.28. The third-order valence-corrected chi connectivity index (χ3v) is 5.44. The molecule has 1 aromatic rings. The molecule has 7 nitrogen and oxygen atoms in total. The Balaban J connectivity index is 1.62. The first kappa shape index (κ1) is 24.0. The number of hydrogen-bond acceptors (Lipinski definition) is 5. The number of unbranched alkanes of at least 4 members (excludes halogenated alkanes) is 9. The lowest BCUT2D eigenvalue weighted by molar-refractivity contribution is -0.147. The van der Waals surface area contributed by atoms with Gasteiger partial charge in [0.15, 0.2) is 5.76 Å². The monoisotopic (exact) mass is 420 g/mol. The van der Waals surface area contributed by atoms with Crippen LogP contribution in [0, 0.1) is 0 Å². The fourth-order valence-corrected chi connectivity index (χ4v) is 3.69. The van der Waals surface area contributed by atoms with Crippen LogP contribution in [0.15, 0.2) is 22.8 Å². The van der Waals surface area contributed by atoms with Gasteiger partial charge in [0.25, 0.3) is 5.91 Å². The molecule has 2 rings (SSSR count). The predicted molar refractivity (Wildman–Crippen MR) is 114 cm³/mol. The summed E-state index contributed by atoms with van der Waals surface area (Å²) in [6.07, 6.45) is 13.4. The number of carbonyl (C=O) groups excluding carboxylic acids is 3. The molecule has 7 heteroatoms. The predicted octanol–water partition coefficient (Wildman–Crippen LogP) is 4.07. The molecular formula is C23H36N2O5. The van der Waals surface area contributed by atoms with E-state index >= 15 is 0 Å². The lowest BCUT2D eigenvalue weighted by Gasteiger charge is -2.33. The molecule has 168 valence electrons. The largest absolute Gasteiger partial charge is 0.466 e. The van der Waals surface area contributed by atoms with Crippen LogP contribution in [0.2, 0.25) is 0 Å². The van der Waals surface area contributed by atoms with Crippen LogP contribution in [-0.4, -0.2) is 48.4 Å². The molecule has 1 atom stereocenters. The van der Waals surface area contributed by atoms with Gasteiger partial charge in [0.05, 0.1) is 19.3 Å². The van der Waals surface area contributed by atoms with E-state index in [1.807, 2.05) is 0 Å². The molecule has 2 amide bonds. The van der Waals surface area contributed by atoms with Gasteiger partial charge < -0.3 is 19.4 Å². The van der Waals surface area contributed by atoms with E-state index in [1.165, 1.54) is 56.1 Å². The van der Waals surface area contributed by atoms with Crippen LogP contribution < -0.4 is 5.32 Å². The van der Waals surface area contributed by atoms with Gasteiger partial charge in [0.1, 0.15) is 6.04 Å². The van der Waals surface area contributed by atoms with E-state index in [2.05, 4.69) is 12.2 Å². The fourth-order valence-electron chi connectivity index (χ4n) is 3.69. The Labute approximate surface area is 179 Å². The molecule has 0 spiro atoms. The van der Waals surface area contributed by atoms with Gasteiger partial charge >= 0.3 is 5.97 Å². The Morgan fingerprint density at radius 2 is 1.77 bits per heavy atom. The maximum absolute atomic E-state index is 12.6. The van der Waals surface area contributed by atoms with E-state index in [-0.39, 0.29) is 24.0 Å². The second kappa shape index (κ2) is 13.8. The molecule has 1 N–H and O–H groups in total. The molecule has 1 aliphatic rings. The molecule has 0 radical (unpaired) electrons. The quantitative estimate of drug-likeness (QED) is 0.362. The Morgan fingerprint density at radius 3 is 2.40 bits per heavy atom. The Morgan fingerprint density at radius 1 is 1.10 bits per heavy atom. The van der Waals surface area contributed by atoms with Crippen molar-refractivity contribution in [3.8, 4) is 0 Å². The zero-order valence-electron chi connectivity index (χ0n) is 18.2. The van der Waals surface area contributed by atoms with Crippen molar-refractivity contribution in [2.45, 2.75) is 83.6 Å². The molecule has 1 saturated heterocycles. The van der Waals surface area contributed by atoms with Crippen molar-refractivity contribution in [2.75, 3.05) is 19.7 Å². The molecule has 1 unspecified atom stereocenters. The Bertz CT molecular complexity index is 644. The minimum absolute atomic E-state index is 0.143. The highest BCUT2D eigenvalue weighted by Crippen LogP contribution is 2.15. The highest BCUT2D eigenvalue weighted by molar-refractivity contribution is 5.97. The lowest BCUT2D eigenvalue weighted by Crippen LogP contribution is -2.57. The smallest absolute Gasteiger partial charge is 0.308 e. The number of rotatable bonds is 14. The SMILES string of the molecule is CCCCCCCCCCCCOC(=O)CC1C(=O)NCCN1C(=O)c1ccco1. The summed E-state index contributed by atoms with van der Waals surface area (Å²) in [7, 11) is 0. The summed E-state index contributed by atoms with van der Waals surface area (Å²) in [4.78, 5) is 38.4. The molecule has 1 aromatic heterocycles. The number of amides is 2. The zero-order chi connectivity index (χ0) is 21.6. The van der Waals surface area contributed by atoms with E-state index in [0.717, 1.165) is 19.3 Å². The molecule has 0 aliphatic carbocycles. The number of nitrogens with one attached hydrogen (secondary N) is 1. The number of nitrogens with zero attached hydrogens (tertiary/aromatic N) is 1. The molecular weight excluding hydrogens is 384 g/mol. The van der Waals surface area contributed by atoms with E-state index in [1.54, 1.807) is 12.1 Å². The van der Waals surface area contributed by atoms with Crippen molar-refractivity contribution in [3.05, 3.63) is 24.2 Å². The van der Waals surface area contributed by atoms with Gasteiger partial charge in [-0.15, -0.1) is 0 Å². The second-order valence-electron chi connectivity index (χ2n) is 7.89. The molecule has 1 fully saturated rings. The van der Waals surface area contributed by atoms with Gasteiger partial charge in [0.2, 0.25) is 5.91 Å². The summed E-state index contributed by atoms with van der Waals surface area (Å²) in [5, 5.41) is 2.71. The topological polar surface area (TPSA) is 88.9 Å². The summed E-state index contributed by atoms with van der Waals surface area (Å²) in [5.74, 6) is -1.02. The van der Waals surface area contributed by atoms with Crippen LogP contribution in [0.1, 0.15) is 88.1 Å². The maximum Gasteiger partial charge on any atom is 0.308 e. The number of furan rings is 1. The van der Waals surface area contributed by atoms with Gasteiger partial charge in [-0.1, -0.05) is 64.7 Å². The van der Waals surface area contributed by atoms with Crippen LogP contribution >= 0.6 is 0 Å². The third kappa shape index (κ3) is 8.20. The highest BCUT2D eigenvalue weighted by atomic mass is 16.5. The van der Waals surface area contributed by atoms with E-state index in [0.29, 0.717) is 19.7 Å². The van der Waals surface area contributed by atoms with Gasteiger partial charge in [-0.05, 0) is 18.6 Å². The summed E-state index contributed by atoms with van der Waals surface area (Å²) >= 11 is 0. The Kier molecular flexibility index (Phi) is 11.0. The summed E-state index contributed by atoms with van der Waals surface area (Å²) < 4.78 is 10.4. The van der Waals surface area contributed by atoms with Crippen LogP contribution in [0.5, 0.6) is 0 Å². The van der Waals surface area contributed by atoms with Gasteiger partial charge in [0, 0.05) is 13.1 Å². The number of carbonyl (C=O) groups is 3. The molecule has 2 heterocycles. The lowest BCUT2D eigenvalue weighted by atomic mass is 10.1. The third-order valence-electron chi connectivity index (χ3n) is 5.44. The number of esters is 1. The minimum Gasteiger partial charge on any atom is -0.466 e. The average molecular weight is 421 g/mol. The van der Waals surface area contributed by atoms with E-state index in [9.17, 15) is 14.4 Å². The molecule has 0 bridgehead atoms. The van der Waals surface area contributed by atoms with Crippen molar-refractivity contribution >= 4 is 17.8 Å². The average Bonchev–Trinajstić information content (AvgIpc) is 3.28. The van der Waals surface area contributed by atoms with Crippen molar-refractivity contribution in [3.63, 3.8) is 0 Å². The molecule has 0 saturated carbocycles. The van der Waals surface area contributed by atoms with Gasteiger partial charge in [-0.3, -0.25) is 14.4 Å². The number of hydrogen-bond donors (Lipinski definition) is 1.